The summed E-state index contributed by atoms with van der Waals surface area (Å²) in [6.07, 6.45) is -4.63. The van der Waals surface area contributed by atoms with Crippen LogP contribution < -0.4 is 10.6 Å². The highest BCUT2D eigenvalue weighted by Gasteiger charge is 2.43. The molecular formula is C16H18F3N3O3. The zero-order valence-corrected chi connectivity index (χ0v) is 13.5. The molecule has 136 valence electrons. The Morgan fingerprint density at radius 3 is 2.28 bits per heavy atom. The van der Waals surface area contributed by atoms with Crippen LogP contribution in [0.1, 0.15) is 23.2 Å². The third-order valence-corrected chi connectivity index (χ3v) is 4.05. The van der Waals surface area contributed by atoms with E-state index in [0.29, 0.717) is 16.2 Å². The second-order valence-electron chi connectivity index (χ2n) is 5.68. The van der Waals surface area contributed by atoms with Gasteiger partial charge in [-0.1, -0.05) is 12.1 Å². The highest BCUT2D eigenvalue weighted by atomic mass is 19.4. The lowest BCUT2D eigenvalue weighted by Gasteiger charge is -2.31. The zero-order valence-electron chi connectivity index (χ0n) is 13.5. The first-order valence-corrected chi connectivity index (χ1v) is 7.72. The van der Waals surface area contributed by atoms with E-state index in [1.807, 2.05) is 0 Å². The van der Waals surface area contributed by atoms with Crippen LogP contribution in [0.5, 0.6) is 0 Å². The topological polar surface area (TPSA) is 78.5 Å². The van der Waals surface area contributed by atoms with E-state index < -0.39 is 18.0 Å². The van der Waals surface area contributed by atoms with E-state index >= 15 is 0 Å². The monoisotopic (exact) mass is 357 g/mol. The standard InChI is InChI=1S/C16H18F3N3O3/c1-20-14(24)11-4-2-3-5-12(11)21-13(23)10-6-8-22(9-7-10)15(25)16(17,18)19/h2-5,10H,6-9H2,1H3,(H,20,24)(H,21,23). The minimum Gasteiger partial charge on any atom is -0.355 e. The first-order valence-electron chi connectivity index (χ1n) is 7.72. The van der Waals surface area contributed by atoms with Crippen LogP contribution in [0, 0.1) is 5.92 Å². The Morgan fingerprint density at radius 2 is 1.72 bits per heavy atom. The predicted octanol–water partition coefficient (Wildman–Crippen LogP) is 1.79. The van der Waals surface area contributed by atoms with Crippen molar-refractivity contribution in [1.82, 2.24) is 10.2 Å². The van der Waals surface area contributed by atoms with Crippen molar-refractivity contribution in [3.05, 3.63) is 29.8 Å². The number of nitrogens with zero attached hydrogens (tertiary/aromatic N) is 1. The van der Waals surface area contributed by atoms with Crippen LogP contribution in [-0.2, 0) is 9.59 Å². The Labute approximate surface area is 142 Å². The van der Waals surface area contributed by atoms with Crippen LogP contribution in [0.4, 0.5) is 18.9 Å². The Bertz CT molecular complexity index is 668. The van der Waals surface area contributed by atoms with Gasteiger partial charge in [-0.3, -0.25) is 14.4 Å². The molecule has 1 aromatic carbocycles. The van der Waals surface area contributed by atoms with Gasteiger partial charge in [0.05, 0.1) is 11.3 Å². The first-order chi connectivity index (χ1) is 11.7. The van der Waals surface area contributed by atoms with E-state index in [4.69, 9.17) is 0 Å². The predicted molar refractivity (Wildman–Crippen MR) is 83.8 cm³/mol. The van der Waals surface area contributed by atoms with Crippen LogP contribution >= 0.6 is 0 Å². The molecule has 1 heterocycles. The molecule has 0 bridgehead atoms. The highest BCUT2D eigenvalue weighted by Crippen LogP contribution is 2.25. The number of para-hydroxylation sites is 1. The third-order valence-electron chi connectivity index (χ3n) is 4.05. The second-order valence-corrected chi connectivity index (χ2v) is 5.68. The summed E-state index contributed by atoms with van der Waals surface area (Å²) >= 11 is 0. The number of halogens is 3. The molecule has 25 heavy (non-hydrogen) atoms. The molecule has 1 fully saturated rings. The van der Waals surface area contributed by atoms with Crippen molar-refractivity contribution in [2.24, 2.45) is 5.92 Å². The molecule has 0 spiro atoms. The number of carbonyl (C=O) groups is 3. The summed E-state index contributed by atoms with van der Waals surface area (Å²) in [5, 5.41) is 5.11. The van der Waals surface area contributed by atoms with Crippen molar-refractivity contribution in [2.45, 2.75) is 19.0 Å². The van der Waals surface area contributed by atoms with Gasteiger partial charge in [0.25, 0.3) is 5.91 Å². The molecule has 0 radical (unpaired) electrons. The molecule has 0 unspecified atom stereocenters. The summed E-state index contributed by atoms with van der Waals surface area (Å²) in [7, 11) is 1.47. The summed E-state index contributed by atoms with van der Waals surface area (Å²) in [5.74, 6) is -3.14. The third kappa shape index (κ3) is 4.49. The van der Waals surface area contributed by atoms with Crippen molar-refractivity contribution in [3.63, 3.8) is 0 Å². The summed E-state index contributed by atoms with van der Waals surface area (Å²) in [6.45, 7) is -0.263. The number of amides is 3. The fourth-order valence-corrected chi connectivity index (χ4v) is 2.68. The molecule has 2 rings (SSSR count). The van der Waals surface area contributed by atoms with Gasteiger partial charge in [-0.15, -0.1) is 0 Å². The zero-order chi connectivity index (χ0) is 18.6. The van der Waals surface area contributed by atoms with Gasteiger partial charge in [0.15, 0.2) is 0 Å². The smallest absolute Gasteiger partial charge is 0.355 e. The quantitative estimate of drug-likeness (QED) is 0.866. The van der Waals surface area contributed by atoms with E-state index in [-0.39, 0.29) is 37.7 Å². The first kappa shape index (κ1) is 18.8. The normalized spacial score (nSPS) is 15.6. The Hall–Kier alpha value is -2.58. The highest BCUT2D eigenvalue weighted by molar-refractivity contribution is 6.04. The van der Waals surface area contributed by atoms with Crippen LogP contribution in [0.25, 0.3) is 0 Å². The lowest BCUT2D eigenvalue weighted by atomic mass is 9.95. The molecule has 2 N–H and O–H groups in total. The van der Waals surface area contributed by atoms with Gasteiger partial charge in [-0.2, -0.15) is 13.2 Å². The molecule has 1 aromatic rings. The fourth-order valence-electron chi connectivity index (χ4n) is 2.68. The second kappa shape index (κ2) is 7.54. The maximum atomic E-state index is 12.4. The molecule has 6 nitrogen and oxygen atoms in total. The molecule has 3 amide bonds. The largest absolute Gasteiger partial charge is 0.471 e. The molecule has 0 aliphatic carbocycles. The van der Waals surface area contributed by atoms with E-state index in [9.17, 15) is 27.6 Å². The average Bonchev–Trinajstić information content (AvgIpc) is 2.60. The minimum atomic E-state index is -4.90. The molecule has 1 aliphatic heterocycles. The van der Waals surface area contributed by atoms with Crippen LogP contribution in [0.2, 0.25) is 0 Å². The van der Waals surface area contributed by atoms with Gasteiger partial charge in [-0.05, 0) is 25.0 Å². The molecule has 1 saturated heterocycles. The maximum Gasteiger partial charge on any atom is 0.471 e. The van der Waals surface area contributed by atoms with E-state index in [1.54, 1.807) is 24.3 Å². The van der Waals surface area contributed by atoms with Crippen molar-refractivity contribution < 1.29 is 27.6 Å². The number of hydrogen-bond acceptors (Lipinski definition) is 3. The van der Waals surface area contributed by atoms with E-state index in [2.05, 4.69) is 10.6 Å². The molecule has 0 aromatic heterocycles. The number of rotatable bonds is 3. The van der Waals surface area contributed by atoms with Gasteiger partial charge in [0.1, 0.15) is 0 Å². The fraction of sp³-hybridized carbons (Fsp3) is 0.438. The molecule has 1 aliphatic rings. The molecular weight excluding hydrogens is 339 g/mol. The number of benzene rings is 1. The van der Waals surface area contributed by atoms with Crippen molar-refractivity contribution >= 4 is 23.4 Å². The number of likely N-dealkylation sites (tertiary alicyclic amines) is 1. The van der Waals surface area contributed by atoms with Crippen LogP contribution in [0.3, 0.4) is 0 Å². The Balaban J connectivity index is 1.98. The number of carbonyl (C=O) groups excluding carboxylic acids is 3. The number of anilines is 1. The van der Waals surface area contributed by atoms with Crippen LogP contribution in [-0.4, -0.2) is 48.9 Å². The average molecular weight is 357 g/mol. The lowest BCUT2D eigenvalue weighted by molar-refractivity contribution is -0.186. The SMILES string of the molecule is CNC(=O)c1ccccc1NC(=O)C1CCN(C(=O)C(F)(F)F)CC1. The molecule has 9 heteroatoms. The van der Waals surface area contributed by atoms with Gasteiger partial charge in [-0.25, -0.2) is 0 Å². The van der Waals surface area contributed by atoms with Gasteiger partial charge >= 0.3 is 12.1 Å². The molecule has 0 atom stereocenters. The molecule has 0 saturated carbocycles. The van der Waals surface area contributed by atoms with Crippen molar-refractivity contribution in [2.75, 3.05) is 25.5 Å². The van der Waals surface area contributed by atoms with Gasteiger partial charge in [0.2, 0.25) is 5.91 Å². The minimum absolute atomic E-state index is 0.131. The Morgan fingerprint density at radius 1 is 1.12 bits per heavy atom. The van der Waals surface area contributed by atoms with Gasteiger partial charge in [0, 0.05) is 26.1 Å². The summed E-state index contributed by atoms with van der Waals surface area (Å²) in [4.78, 5) is 36.0. The van der Waals surface area contributed by atoms with E-state index in [1.165, 1.54) is 7.05 Å². The maximum absolute atomic E-state index is 12.4. The van der Waals surface area contributed by atoms with Crippen molar-refractivity contribution in [1.29, 1.82) is 0 Å². The van der Waals surface area contributed by atoms with E-state index in [0.717, 1.165) is 0 Å². The number of alkyl halides is 3. The number of piperidine rings is 1. The van der Waals surface area contributed by atoms with Crippen molar-refractivity contribution in [3.8, 4) is 0 Å². The summed E-state index contributed by atoms with van der Waals surface area (Å²) < 4.78 is 37.3. The summed E-state index contributed by atoms with van der Waals surface area (Å²) in [5.41, 5.74) is 0.628. The Kier molecular flexibility index (Phi) is 5.66. The van der Waals surface area contributed by atoms with Gasteiger partial charge < -0.3 is 15.5 Å². The summed E-state index contributed by atoms with van der Waals surface area (Å²) in [6, 6.07) is 6.44. The number of hydrogen-bond donors (Lipinski definition) is 2. The lowest BCUT2D eigenvalue weighted by Crippen LogP contribution is -2.46. The number of nitrogens with one attached hydrogen (secondary N) is 2. The van der Waals surface area contributed by atoms with Crippen LogP contribution in [0.15, 0.2) is 24.3 Å².